The molecule has 198 valence electrons. The zero-order valence-electron chi connectivity index (χ0n) is 20.4. The van der Waals surface area contributed by atoms with Gasteiger partial charge < -0.3 is 30.7 Å². The van der Waals surface area contributed by atoms with Gasteiger partial charge in [-0.2, -0.15) is 9.29 Å². The number of nitrogens with one attached hydrogen (secondary N) is 2. The number of anilines is 4. The summed E-state index contributed by atoms with van der Waals surface area (Å²) in [5, 5.41) is 6.05. The fraction of sp³-hybridized carbons (Fsp3) is 0.542. The molecule has 1 aromatic carbocycles. The summed E-state index contributed by atoms with van der Waals surface area (Å²) in [5.74, 6) is 0.908. The van der Waals surface area contributed by atoms with E-state index in [1.165, 1.54) is 6.20 Å². The lowest BCUT2D eigenvalue weighted by atomic mass is 10.1. The Bertz CT molecular complexity index is 1300. The Balaban J connectivity index is 1.15. The Labute approximate surface area is 215 Å². The molecule has 0 spiro atoms. The molecular weight excluding hydrogens is 498 g/mol. The van der Waals surface area contributed by atoms with Crippen molar-refractivity contribution >= 4 is 39.1 Å². The van der Waals surface area contributed by atoms with Crippen molar-refractivity contribution in [3.63, 3.8) is 0 Å². The Morgan fingerprint density at radius 2 is 1.95 bits per heavy atom. The third-order valence-corrected chi connectivity index (χ3v) is 9.69. The van der Waals surface area contributed by atoms with Gasteiger partial charge in [0.15, 0.2) is 0 Å². The van der Waals surface area contributed by atoms with Gasteiger partial charge in [0.1, 0.15) is 18.2 Å². The second kappa shape index (κ2) is 9.62. The van der Waals surface area contributed by atoms with Crippen LogP contribution in [0.2, 0.25) is 0 Å². The van der Waals surface area contributed by atoms with Crippen LogP contribution < -0.4 is 26.0 Å². The monoisotopic (exact) mass is 529 g/mol. The van der Waals surface area contributed by atoms with Gasteiger partial charge >= 0.3 is 0 Å². The third kappa shape index (κ3) is 4.90. The molecule has 2 aromatic rings. The van der Waals surface area contributed by atoms with E-state index in [-0.39, 0.29) is 16.9 Å². The summed E-state index contributed by atoms with van der Waals surface area (Å²) < 4.78 is 39.4. The maximum Gasteiger partial charge on any atom is 0.254 e. The van der Waals surface area contributed by atoms with Crippen LogP contribution in [0.5, 0.6) is 5.75 Å². The number of hydrogen-bond acceptors (Lipinski definition) is 10. The number of sulfonamides is 1. The predicted octanol–water partition coefficient (Wildman–Crippen LogP) is 1.29. The lowest BCUT2D eigenvalue weighted by Gasteiger charge is -2.45. The van der Waals surface area contributed by atoms with Gasteiger partial charge in [0.25, 0.3) is 5.91 Å². The summed E-state index contributed by atoms with van der Waals surface area (Å²) in [7, 11) is -3.36. The van der Waals surface area contributed by atoms with Gasteiger partial charge in [-0.15, -0.1) is 0 Å². The number of fused-ring (bicyclic) bond motifs is 3. The minimum absolute atomic E-state index is 0.0459. The second-order valence-corrected chi connectivity index (χ2v) is 12.1. The van der Waals surface area contributed by atoms with Crippen LogP contribution in [0.3, 0.4) is 0 Å². The molecule has 3 fully saturated rings. The van der Waals surface area contributed by atoms with Crippen LogP contribution in [0.4, 0.5) is 23.1 Å². The van der Waals surface area contributed by atoms with Gasteiger partial charge in [0.2, 0.25) is 16.0 Å². The molecule has 0 bridgehead atoms. The number of benzene rings is 1. The molecule has 0 radical (unpaired) electrons. The topological polar surface area (TPSA) is 152 Å². The highest BCUT2D eigenvalue weighted by atomic mass is 32.2. The fourth-order valence-electron chi connectivity index (χ4n) is 5.12. The van der Waals surface area contributed by atoms with Crippen LogP contribution in [0.25, 0.3) is 0 Å². The summed E-state index contributed by atoms with van der Waals surface area (Å²) in [5.41, 5.74) is 7.41. The number of nitrogens with two attached hydrogens (primary N) is 1. The third-order valence-electron chi connectivity index (χ3n) is 7.32. The first-order valence-electron chi connectivity index (χ1n) is 12.7. The van der Waals surface area contributed by atoms with E-state index in [1.807, 2.05) is 18.2 Å². The van der Waals surface area contributed by atoms with Crippen molar-refractivity contribution in [3.8, 4) is 5.75 Å². The van der Waals surface area contributed by atoms with Gasteiger partial charge in [-0.05, 0) is 37.8 Å². The lowest BCUT2D eigenvalue weighted by Crippen LogP contribution is -2.59. The number of aromatic nitrogens is 2. The molecule has 37 heavy (non-hydrogen) atoms. The normalized spacial score (nSPS) is 22.5. The van der Waals surface area contributed by atoms with Crippen LogP contribution in [-0.4, -0.2) is 85.4 Å². The van der Waals surface area contributed by atoms with E-state index in [0.717, 1.165) is 24.2 Å². The molecule has 1 aromatic heterocycles. The summed E-state index contributed by atoms with van der Waals surface area (Å²) in [6, 6.07) is 6.02. The van der Waals surface area contributed by atoms with E-state index in [2.05, 4.69) is 25.5 Å². The highest BCUT2D eigenvalue weighted by Crippen LogP contribution is 2.38. The van der Waals surface area contributed by atoms with Crippen molar-refractivity contribution in [2.45, 2.75) is 43.0 Å². The van der Waals surface area contributed by atoms with Crippen LogP contribution in [-0.2, 0) is 14.8 Å². The number of carbonyl (C=O) groups excluding carboxylic acids is 1. The van der Waals surface area contributed by atoms with E-state index in [4.69, 9.17) is 15.2 Å². The first-order chi connectivity index (χ1) is 17.9. The van der Waals surface area contributed by atoms with Gasteiger partial charge in [0.05, 0.1) is 22.5 Å². The highest BCUT2D eigenvalue weighted by molar-refractivity contribution is 7.89. The first kappa shape index (κ1) is 24.2. The minimum Gasteiger partial charge on any atom is -0.489 e. The quantitative estimate of drug-likeness (QED) is 0.478. The number of amides is 1. The maximum atomic E-state index is 13.2. The van der Waals surface area contributed by atoms with Crippen LogP contribution >= 0.6 is 0 Å². The highest BCUT2D eigenvalue weighted by Gasteiger charge is 2.40. The molecule has 0 unspecified atom stereocenters. The van der Waals surface area contributed by atoms with Crippen molar-refractivity contribution in [1.29, 1.82) is 0 Å². The van der Waals surface area contributed by atoms with Crippen LogP contribution in [0, 0.1) is 0 Å². The average Bonchev–Trinajstić information content (AvgIpc) is 3.72. The Morgan fingerprint density at radius 1 is 1.14 bits per heavy atom. The number of ether oxygens (including phenoxy) is 2. The smallest absolute Gasteiger partial charge is 0.254 e. The Hall–Kier alpha value is -3.16. The second-order valence-electron chi connectivity index (χ2n) is 9.92. The largest absolute Gasteiger partial charge is 0.489 e. The molecule has 1 aliphatic carbocycles. The van der Waals surface area contributed by atoms with Gasteiger partial charge in [-0.3, -0.25) is 4.79 Å². The van der Waals surface area contributed by atoms with Crippen molar-refractivity contribution in [2.75, 3.05) is 55.0 Å². The van der Waals surface area contributed by atoms with E-state index < -0.39 is 15.9 Å². The van der Waals surface area contributed by atoms with E-state index >= 15 is 0 Å². The lowest BCUT2D eigenvalue weighted by molar-refractivity contribution is 0.0967. The molecule has 12 nitrogen and oxygen atoms in total. The Morgan fingerprint density at radius 3 is 2.70 bits per heavy atom. The standard InChI is InChI=1S/C24H31N7O5S/c25-22(32)19-12-26-24(29-23(19)27-15-1-2-15)28-16-3-4-20-21(11-16)36-14-17-13-30(7-8-31(17)20)37(33,34)18-5-9-35-10-6-18/h3-4,11-12,15,17-18H,1-2,5-10,13-14H2,(H2,25,32)(H2,26,27,28,29)/t17-/m1/s1. The average molecular weight is 530 g/mol. The minimum atomic E-state index is -3.36. The molecule has 1 saturated carbocycles. The maximum absolute atomic E-state index is 13.2. The van der Waals surface area contributed by atoms with E-state index in [0.29, 0.717) is 75.9 Å². The molecule has 4 aliphatic rings. The number of carbonyl (C=O) groups is 1. The molecule has 4 N–H and O–H groups in total. The summed E-state index contributed by atoms with van der Waals surface area (Å²) in [4.78, 5) is 22.7. The molecule has 13 heteroatoms. The first-order valence-corrected chi connectivity index (χ1v) is 14.2. The zero-order valence-corrected chi connectivity index (χ0v) is 21.2. The number of primary amides is 1. The summed E-state index contributed by atoms with van der Waals surface area (Å²) in [6.45, 7) is 2.86. The zero-order chi connectivity index (χ0) is 25.6. The summed E-state index contributed by atoms with van der Waals surface area (Å²) >= 11 is 0. The number of nitrogens with zero attached hydrogens (tertiary/aromatic N) is 4. The van der Waals surface area contributed by atoms with Gasteiger partial charge in [-0.1, -0.05) is 0 Å². The summed E-state index contributed by atoms with van der Waals surface area (Å²) in [6.07, 6.45) is 4.59. The van der Waals surface area contributed by atoms with Gasteiger partial charge in [-0.25, -0.2) is 13.4 Å². The van der Waals surface area contributed by atoms with Gasteiger partial charge in [0, 0.05) is 56.8 Å². The number of piperazine rings is 1. The molecule has 1 atom stereocenters. The van der Waals surface area contributed by atoms with Crippen LogP contribution in [0.15, 0.2) is 24.4 Å². The van der Waals surface area contributed by atoms with Crippen molar-refractivity contribution in [2.24, 2.45) is 5.73 Å². The van der Waals surface area contributed by atoms with Crippen molar-refractivity contribution in [1.82, 2.24) is 14.3 Å². The molecule has 4 heterocycles. The Kier molecular flexibility index (Phi) is 6.29. The molecule has 1 amide bonds. The number of rotatable bonds is 7. The van der Waals surface area contributed by atoms with E-state index in [9.17, 15) is 13.2 Å². The predicted molar refractivity (Wildman–Crippen MR) is 138 cm³/mol. The molecular formula is C24H31N7O5S. The SMILES string of the molecule is NC(=O)c1cnc(Nc2ccc3c(c2)OC[C@H]2CN(S(=O)(=O)C4CCOCC4)CCN32)nc1NC1CC1. The molecule has 2 saturated heterocycles. The van der Waals surface area contributed by atoms with Crippen molar-refractivity contribution < 1.29 is 22.7 Å². The molecule has 3 aliphatic heterocycles. The molecule has 6 rings (SSSR count). The van der Waals surface area contributed by atoms with E-state index in [1.54, 1.807) is 4.31 Å². The number of hydrogen-bond donors (Lipinski definition) is 3. The van der Waals surface area contributed by atoms with Crippen molar-refractivity contribution in [3.05, 3.63) is 30.0 Å². The van der Waals surface area contributed by atoms with Crippen LogP contribution in [0.1, 0.15) is 36.0 Å². The fourth-order valence-corrected chi connectivity index (χ4v) is 7.04.